The third kappa shape index (κ3) is 8.28. The van der Waals surface area contributed by atoms with E-state index in [9.17, 15) is 14.7 Å². The van der Waals surface area contributed by atoms with E-state index in [4.69, 9.17) is 16.3 Å². The molecule has 0 bridgehead atoms. The predicted octanol–water partition coefficient (Wildman–Crippen LogP) is 5.16. The van der Waals surface area contributed by atoms with Gasteiger partial charge in [0.05, 0.1) is 11.3 Å². The molecule has 1 N–H and O–H groups in total. The first-order chi connectivity index (χ1) is 19.4. The molecule has 0 aliphatic heterocycles. The van der Waals surface area contributed by atoms with Crippen LogP contribution in [0.1, 0.15) is 27.2 Å². The number of nitrogens with zero attached hydrogens (tertiary/aromatic N) is 4. The van der Waals surface area contributed by atoms with Gasteiger partial charge in [-0.15, -0.1) is 0 Å². The van der Waals surface area contributed by atoms with Crippen molar-refractivity contribution in [2.75, 3.05) is 31.6 Å². The van der Waals surface area contributed by atoms with Crippen molar-refractivity contribution in [3.05, 3.63) is 119 Å². The van der Waals surface area contributed by atoms with Crippen LogP contribution in [0.2, 0.25) is 5.02 Å². The lowest BCUT2D eigenvalue weighted by Gasteiger charge is -2.23. The van der Waals surface area contributed by atoms with E-state index in [0.717, 1.165) is 12.0 Å². The van der Waals surface area contributed by atoms with Crippen LogP contribution in [0.25, 0.3) is 0 Å². The number of carbonyl (C=O) groups excluding carboxylic acids is 1. The monoisotopic (exact) mass is 558 g/mol. The van der Waals surface area contributed by atoms with Crippen molar-refractivity contribution in [1.29, 1.82) is 0 Å². The topological polar surface area (TPSA) is 95.9 Å². The Balaban J connectivity index is 1.57. The number of halogens is 1. The average Bonchev–Trinajstić information content (AvgIpc) is 2.98. The molecule has 8 nitrogen and oxygen atoms in total. The van der Waals surface area contributed by atoms with Gasteiger partial charge in [0, 0.05) is 31.4 Å². The van der Waals surface area contributed by atoms with Gasteiger partial charge in [-0.3, -0.25) is 9.59 Å². The first-order valence-electron chi connectivity index (χ1n) is 12.9. The summed E-state index contributed by atoms with van der Waals surface area (Å²) in [6.45, 7) is 0.439. The molecule has 1 heterocycles. The molecule has 0 fully saturated rings. The molecular weight excluding hydrogens is 528 g/mol. The summed E-state index contributed by atoms with van der Waals surface area (Å²) in [4.78, 5) is 37.7. The Bertz CT molecular complexity index is 1400. The Morgan fingerprint density at radius 2 is 1.48 bits per heavy atom. The molecule has 206 valence electrons. The van der Waals surface area contributed by atoms with E-state index in [1.54, 1.807) is 24.3 Å². The minimum Gasteiger partial charge on any atom is -0.487 e. The number of hydrogen-bond acceptors (Lipinski definition) is 6. The van der Waals surface area contributed by atoms with Gasteiger partial charge < -0.3 is 19.6 Å². The second-order valence-electron chi connectivity index (χ2n) is 9.29. The van der Waals surface area contributed by atoms with Gasteiger partial charge in [0.1, 0.15) is 18.9 Å². The van der Waals surface area contributed by atoms with Gasteiger partial charge in [0.2, 0.25) is 5.95 Å². The fourth-order valence-electron chi connectivity index (χ4n) is 4.10. The summed E-state index contributed by atoms with van der Waals surface area (Å²) in [5.41, 5.74) is 2.76. The van der Waals surface area contributed by atoms with Crippen LogP contribution in [0.5, 0.6) is 5.75 Å². The number of amides is 1. The molecule has 1 aromatic heterocycles. The number of aromatic nitrogens is 2. The van der Waals surface area contributed by atoms with E-state index < -0.39 is 18.4 Å². The van der Waals surface area contributed by atoms with E-state index in [1.807, 2.05) is 60.5 Å². The van der Waals surface area contributed by atoms with Crippen LogP contribution in [0.4, 0.5) is 5.95 Å². The smallest absolute Gasteiger partial charge is 0.323 e. The Hall–Kier alpha value is -4.43. The number of hydrogen-bond donors (Lipinski definition) is 1. The molecule has 40 heavy (non-hydrogen) atoms. The summed E-state index contributed by atoms with van der Waals surface area (Å²) in [6.07, 6.45) is 2.77. The number of carboxylic acids is 1. The molecule has 0 aliphatic carbocycles. The van der Waals surface area contributed by atoms with Crippen LogP contribution in [-0.4, -0.2) is 58.5 Å². The molecule has 0 radical (unpaired) electrons. The highest BCUT2D eigenvalue weighted by molar-refractivity contribution is 6.30. The number of aliphatic carboxylic acids is 1. The second kappa shape index (κ2) is 14.1. The summed E-state index contributed by atoms with van der Waals surface area (Å²) in [5.74, 6) is -0.562. The van der Waals surface area contributed by atoms with Crippen molar-refractivity contribution in [1.82, 2.24) is 14.9 Å². The van der Waals surface area contributed by atoms with Crippen molar-refractivity contribution in [3.63, 3.8) is 0 Å². The molecule has 0 spiro atoms. The minimum atomic E-state index is -1.10. The zero-order chi connectivity index (χ0) is 28.3. The second-order valence-corrected chi connectivity index (χ2v) is 9.72. The lowest BCUT2D eigenvalue weighted by Crippen LogP contribution is -2.38. The summed E-state index contributed by atoms with van der Waals surface area (Å²) >= 11 is 6.00. The molecule has 0 atom stereocenters. The van der Waals surface area contributed by atoms with Gasteiger partial charge in [-0.2, -0.15) is 0 Å². The molecule has 3 aromatic carbocycles. The number of benzene rings is 3. The fraction of sp³-hybridized carbons (Fsp3) is 0.226. The standard InChI is InChI=1S/C31H31ClN4O4/c1-35(18-16-23-8-4-2-5-9-23)31-33-20-27(28(34-31)22-40-26-14-12-25(32)13-15-26)30(39)36(21-29(37)38)19-17-24-10-6-3-7-11-24/h2-15,20H,16-19,21-22H2,1H3,(H,37,38). The maximum Gasteiger partial charge on any atom is 0.323 e. The number of carboxylic acid groups (broad SMARTS) is 1. The summed E-state index contributed by atoms with van der Waals surface area (Å²) < 4.78 is 5.94. The highest BCUT2D eigenvalue weighted by Gasteiger charge is 2.24. The number of rotatable bonds is 13. The van der Waals surface area contributed by atoms with Crippen LogP contribution in [0.3, 0.4) is 0 Å². The zero-order valence-electron chi connectivity index (χ0n) is 22.2. The van der Waals surface area contributed by atoms with Crippen molar-refractivity contribution >= 4 is 29.4 Å². The van der Waals surface area contributed by atoms with Gasteiger partial charge in [-0.05, 0) is 48.2 Å². The lowest BCUT2D eigenvalue weighted by atomic mass is 10.1. The summed E-state index contributed by atoms with van der Waals surface area (Å²) in [6, 6.07) is 26.6. The first-order valence-corrected chi connectivity index (χ1v) is 13.3. The highest BCUT2D eigenvalue weighted by Crippen LogP contribution is 2.20. The molecule has 4 rings (SSSR count). The van der Waals surface area contributed by atoms with E-state index in [2.05, 4.69) is 22.1 Å². The number of ether oxygens (including phenoxy) is 1. The Labute approximate surface area is 238 Å². The van der Waals surface area contributed by atoms with E-state index in [0.29, 0.717) is 35.4 Å². The van der Waals surface area contributed by atoms with E-state index in [1.165, 1.54) is 16.7 Å². The van der Waals surface area contributed by atoms with Crippen molar-refractivity contribution < 1.29 is 19.4 Å². The van der Waals surface area contributed by atoms with Gasteiger partial charge in [0.15, 0.2) is 0 Å². The van der Waals surface area contributed by atoms with Crippen molar-refractivity contribution in [2.24, 2.45) is 0 Å². The molecule has 4 aromatic rings. The molecule has 0 unspecified atom stereocenters. The molecule has 1 amide bonds. The number of carbonyl (C=O) groups is 2. The zero-order valence-corrected chi connectivity index (χ0v) is 23.0. The minimum absolute atomic E-state index is 0.00958. The lowest BCUT2D eigenvalue weighted by molar-refractivity contribution is -0.137. The largest absolute Gasteiger partial charge is 0.487 e. The maximum atomic E-state index is 13.7. The first kappa shape index (κ1) is 28.6. The predicted molar refractivity (Wildman–Crippen MR) is 155 cm³/mol. The van der Waals surface area contributed by atoms with Gasteiger partial charge >= 0.3 is 5.97 Å². The Morgan fingerprint density at radius 1 is 0.875 bits per heavy atom. The van der Waals surface area contributed by atoms with Crippen LogP contribution in [0, 0.1) is 0 Å². The van der Waals surface area contributed by atoms with Crippen LogP contribution in [0.15, 0.2) is 91.1 Å². The van der Waals surface area contributed by atoms with Crippen molar-refractivity contribution in [2.45, 2.75) is 19.4 Å². The number of likely N-dealkylation sites (N-methyl/N-ethyl adjacent to an activating group) is 1. The molecular formula is C31H31ClN4O4. The third-order valence-electron chi connectivity index (χ3n) is 6.32. The SMILES string of the molecule is CN(CCc1ccccc1)c1ncc(C(=O)N(CCc2ccccc2)CC(=O)O)c(COc2ccc(Cl)cc2)n1. The fourth-order valence-corrected chi connectivity index (χ4v) is 4.22. The third-order valence-corrected chi connectivity index (χ3v) is 6.57. The van der Waals surface area contributed by atoms with Gasteiger partial charge in [-0.25, -0.2) is 9.97 Å². The Morgan fingerprint density at radius 3 is 2.08 bits per heavy atom. The van der Waals surface area contributed by atoms with E-state index >= 15 is 0 Å². The van der Waals surface area contributed by atoms with Gasteiger partial charge in [-0.1, -0.05) is 72.3 Å². The van der Waals surface area contributed by atoms with E-state index in [-0.39, 0.29) is 18.7 Å². The van der Waals surface area contributed by atoms with Crippen LogP contribution >= 0.6 is 11.6 Å². The van der Waals surface area contributed by atoms with Crippen molar-refractivity contribution in [3.8, 4) is 5.75 Å². The van der Waals surface area contributed by atoms with Gasteiger partial charge in [0.25, 0.3) is 5.91 Å². The Kier molecular flexibility index (Phi) is 10.1. The maximum absolute atomic E-state index is 13.7. The van der Waals surface area contributed by atoms with Crippen LogP contribution in [-0.2, 0) is 24.2 Å². The van der Waals surface area contributed by atoms with Crippen LogP contribution < -0.4 is 9.64 Å². The summed E-state index contributed by atoms with van der Waals surface area (Å²) in [7, 11) is 1.89. The molecule has 0 saturated carbocycles. The summed E-state index contributed by atoms with van der Waals surface area (Å²) in [5, 5.41) is 10.1. The average molecular weight is 559 g/mol. The quantitative estimate of drug-likeness (QED) is 0.242. The normalized spacial score (nSPS) is 10.7. The molecule has 0 aliphatic rings. The molecule has 0 saturated heterocycles. The highest BCUT2D eigenvalue weighted by atomic mass is 35.5. The number of anilines is 1. The molecule has 9 heteroatoms.